The number of hydrogen-bond donors (Lipinski definition) is 1. The quantitative estimate of drug-likeness (QED) is 0.794. The predicted molar refractivity (Wildman–Crippen MR) is 73.4 cm³/mol. The zero-order valence-corrected chi connectivity index (χ0v) is 11.2. The highest BCUT2D eigenvalue weighted by molar-refractivity contribution is 5.67. The van der Waals surface area contributed by atoms with Crippen LogP contribution in [0.4, 0.5) is 5.69 Å². The Labute approximate surface area is 104 Å². The second-order valence-electron chi connectivity index (χ2n) is 6.65. The van der Waals surface area contributed by atoms with E-state index in [1.165, 1.54) is 12.0 Å². The Kier molecular flexibility index (Phi) is 2.76. The summed E-state index contributed by atoms with van der Waals surface area (Å²) in [6.45, 7) is 9.24. The van der Waals surface area contributed by atoms with Gasteiger partial charge < -0.3 is 5.73 Å². The third-order valence-electron chi connectivity index (χ3n) is 3.28. The molecule has 0 aliphatic heterocycles. The first-order valence-corrected chi connectivity index (χ1v) is 6.21. The average molecular weight is 230 g/mol. The fraction of sp³-hybridized carbons (Fsp3) is 0.533. The summed E-state index contributed by atoms with van der Waals surface area (Å²) in [6.07, 6.45) is 6.44. The van der Waals surface area contributed by atoms with Crippen molar-refractivity contribution in [2.24, 2.45) is 10.8 Å². The third-order valence-corrected chi connectivity index (χ3v) is 3.28. The molecule has 1 heterocycles. The van der Waals surface area contributed by atoms with Gasteiger partial charge in [0.25, 0.3) is 0 Å². The molecule has 92 valence electrons. The molecule has 0 saturated heterocycles. The van der Waals surface area contributed by atoms with Gasteiger partial charge in [-0.1, -0.05) is 33.8 Å². The molecule has 0 atom stereocenters. The van der Waals surface area contributed by atoms with Gasteiger partial charge in [0.15, 0.2) is 0 Å². The number of nitrogen functional groups attached to an aromatic ring is 1. The zero-order chi connectivity index (χ0) is 12.7. The van der Waals surface area contributed by atoms with Crippen LogP contribution in [0.1, 0.15) is 46.2 Å². The van der Waals surface area contributed by atoms with Crippen LogP contribution in [0.5, 0.6) is 0 Å². The lowest BCUT2D eigenvalue weighted by Crippen LogP contribution is -2.26. The number of anilines is 1. The number of aromatic nitrogens is 1. The first kappa shape index (κ1) is 12.2. The molecule has 0 spiro atoms. The largest absolute Gasteiger partial charge is 0.399 e. The summed E-state index contributed by atoms with van der Waals surface area (Å²) in [5, 5.41) is 0. The molecule has 1 aromatic rings. The highest BCUT2D eigenvalue weighted by Crippen LogP contribution is 2.46. The number of nitrogens with two attached hydrogens (primary N) is 1. The second-order valence-corrected chi connectivity index (χ2v) is 6.65. The lowest BCUT2D eigenvalue weighted by atomic mass is 9.66. The van der Waals surface area contributed by atoms with Gasteiger partial charge in [0.05, 0.1) is 5.69 Å². The Hall–Kier alpha value is -1.31. The molecule has 0 amide bonds. The molecule has 1 aliphatic rings. The first-order valence-electron chi connectivity index (χ1n) is 6.21. The fourth-order valence-electron chi connectivity index (χ4n) is 3.17. The van der Waals surface area contributed by atoms with E-state index in [2.05, 4.69) is 38.8 Å². The molecular formula is C15H22N2. The van der Waals surface area contributed by atoms with E-state index in [0.717, 1.165) is 17.8 Å². The van der Waals surface area contributed by atoms with Crippen LogP contribution in [0.3, 0.4) is 0 Å². The van der Waals surface area contributed by atoms with Crippen LogP contribution < -0.4 is 5.73 Å². The zero-order valence-electron chi connectivity index (χ0n) is 11.2. The van der Waals surface area contributed by atoms with E-state index in [4.69, 9.17) is 5.73 Å². The van der Waals surface area contributed by atoms with Crippen molar-refractivity contribution in [3.8, 4) is 0 Å². The van der Waals surface area contributed by atoms with Crippen molar-refractivity contribution in [3.05, 3.63) is 30.1 Å². The van der Waals surface area contributed by atoms with Gasteiger partial charge in [-0.2, -0.15) is 0 Å². The lowest BCUT2D eigenvalue weighted by molar-refractivity contribution is 0.228. The monoisotopic (exact) mass is 230 g/mol. The number of nitrogens with zero attached hydrogens (tertiary/aromatic N) is 1. The highest BCUT2D eigenvalue weighted by atomic mass is 14.7. The highest BCUT2D eigenvalue weighted by Gasteiger charge is 2.33. The summed E-state index contributed by atoms with van der Waals surface area (Å²) in [4.78, 5) is 4.45. The number of pyridine rings is 1. The van der Waals surface area contributed by atoms with Crippen molar-refractivity contribution in [1.29, 1.82) is 0 Å². The summed E-state index contributed by atoms with van der Waals surface area (Å²) in [5.74, 6) is 0. The number of hydrogen-bond acceptors (Lipinski definition) is 2. The lowest BCUT2D eigenvalue weighted by Gasteiger charge is -2.39. The molecule has 0 saturated carbocycles. The molecule has 1 aliphatic carbocycles. The summed E-state index contributed by atoms with van der Waals surface area (Å²) < 4.78 is 0. The van der Waals surface area contributed by atoms with E-state index in [-0.39, 0.29) is 5.41 Å². The molecule has 0 bridgehead atoms. The molecule has 2 heteroatoms. The van der Waals surface area contributed by atoms with Gasteiger partial charge in [0, 0.05) is 11.9 Å². The van der Waals surface area contributed by atoms with Gasteiger partial charge in [0.1, 0.15) is 0 Å². The molecule has 2 N–H and O–H groups in total. The van der Waals surface area contributed by atoms with Crippen molar-refractivity contribution in [1.82, 2.24) is 4.98 Å². The van der Waals surface area contributed by atoms with E-state index in [1.54, 1.807) is 6.20 Å². The van der Waals surface area contributed by atoms with Crippen molar-refractivity contribution in [2.75, 3.05) is 5.73 Å². The summed E-state index contributed by atoms with van der Waals surface area (Å²) in [5.41, 5.74) is 9.56. The molecule has 2 nitrogen and oxygen atoms in total. The summed E-state index contributed by atoms with van der Waals surface area (Å²) in [7, 11) is 0. The van der Waals surface area contributed by atoms with E-state index in [1.807, 2.05) is 12.1 Å². The summed E-state index contributed by atoms with van der Waals surface area (Å²) in [6, 6.07) is 3.81. The Bertz CT molecular complexity index is 456. The molecule has 0 radical (unpaired) electrons. The van der Waals surface area contributed by atoms with Crippen molar-refractivity contribution in [3.63, 3.8) is 0 Å². The Morgan fingerprint density at radius 2 is 1.94 bits per heavy atom. The van der Waals surface area contributed by atoms with Crippen molar-refractivity contribution >= 4 is 11.3 Å². The fourth-order valence-corrected chi connectivity index (χ4v) is 3.17. The molecular weight excluding hydrogens is 208 g/mol. The SMILES string of the molecule is CC1(C)C=C(c2cc(N)ccn2)CC(C)(C)C1. The van der Waals surface area contributed by atoms with Gasteiger partial charge in [-0.05, 0) is 41.4 Å². The Morgan fingerprint density at radius 1 is 1.24 bits per heavy atom. The van der Waals surface area contributed by atoms with E-state index in [0.29, 0.717) is 5.41 Å². The molecule has 0 unspecified atom stereocenters. The van der Waals surface area contributed by atoms with Crippen LogP contribution in [0.25, 0.3) is 5.57 Å². The van der Waals surface area contributed by atoms with E-state index in [9.17, 15) is 0 Å². The van der Waals surface area contributed by atoms with Gasteiger partial charge in [-0.25, -0.2) is 0 Å². The van der Waals surface area contributed by atoms with Crippen molar-refractivity contribution < 1.29 is 0 Å². The van der Waals surface area contributed by atoms with Gasteiger partial charge >= 0.3 is 0 Å². The van der Waals surface area contributed by atoms with E-state index >= 15 is 0 Å². The average Bonchev–Trinajstić information content (AvgIpc) is 2.12. The minimum atomic E-state index is 0.239. The number of rotatable bonds is 1. The van der Waals surface area contributed by atoms with Crippen molar-refractivity contribution in [2.45, 2.75) is 40.5 Å². The van der Waals surface area contributed by atoms with Crippen LogP contribution in [0.2, 0.25) is 0 Å². The molecule has 2 rings (SSSR count). The minimum absolute atomic E-state index is 0.239. The maximum Gasteiger partial charge on any atom is 0.0679 e. The normalized spacial score (nSPS) is 22.0. The minimum Gasteiger partial charge on any atom is -0.399 e. The van der Waals surface area contributed by atoms with Crippen LogP contribution >= 0.6 is 0 Å². The van der Waals surface area contributed by atoms with Crippen LogP contribution in [-0.4, -0.2) is 4.98 Å². The van der Waals surface area contributed by atoms with Gasteiger partial charge in [0.2, 0.25) is 0 Å². The molecule has 0 aromatic carbocycles. The van der Waals surface area contributed by atoms with Gasteiger partial charge in [-0.3, -0.25) is 4.98 Å². The third kappa shape index (κ3) is 2.87. The van der Waals surface area contributed by atoms with Crippen LogP contribution in [0, 0.1) is 10.8 Å². The smallest absolute Gasteiger partial charge is 0.0679 e. The van der Waals surface area contributed by atoms with Crippen LogP contribution in [-0.2, 0) is 0 Å². The number of allylic oxidation sites excluding steroid dienone is 2. The standard InChI is InChI=1S/C15H22N2/c1-14(2)8-11(9-15(3,4)10-14)13-7-12(16)5-6-17-13/h5-8H,9-10H2,1-4H3,(H2,16,17). The van der Waals surface area contributed by atoms with Gasteiger partial charge in [-0.15, -0.1) is 0 Å². The topological polar surface area (TPSA) is 38.9 Å². The van der Waals surface area contributed by atoms with E-state index < -0.39 is 0 Å². The van der Waals surface area contributed by atoms with Crippen LogP contribution in [0.15, 0.2) is 24.4 Å². The predicted octanol–water partition coefficient (Wildman–Crippen LogP) is 3.89. The molecule has 1 aromatic heterocycles. The Balaban J connectivity index is 2.41. The molecule has 0 fully saturated rings. The maximum atomic E-state index is 5.83. The Morgan fingerprint density at radius 3 is 2.53 bits per heavy atom. The second kappa shape index (κ2) is 3.86. The maximum absolute atomic E-state index is 5.83. The first-order chi connectivity index (χ1) is 7.77. The summed E-state index contributed by atoms with van der Waals surface area (Å²) >= 11 is 0. The molecule has 17 heavy (non-hydrogen) atoms.